The van der Waals surface area contributed by atoms with Crippen LogP contribution in [0.25, 0.3) is 5.57 Å². The number of β-amino-alcohol motifs (C(OH)–C–C–N with tert-alkyl or cyclic N) is 1. The number of nitrogens with zero attached hydrogens (tertiary/aromatic N) is 4. The molecule has 1 atom stereocenters. The minimum Gasteiger partial charge on any atom is -0.390 e. The lowest BCUT2D eigenvalue weighted by molar-refractivity contribution is -0.524. The Morgan fingerprint density at radius 1 is 1.26 bits per heavy atom. The summed E-state index contributed by atoms with van der Waals surface area (Å²) in [6.45, 7) is 7.01. The molecule has 8 heteroatoms. The first-order valence-corrected chi connectivity index (χ1v) is 12.2. The number of halogens is 1. The number of hydrogen-bond acceptors (Lipinski definition) is 5. The summed E-state index contributed by atoms with van der Waals surface area (Å²) in [6, 6.07) is 11.8. The van der Waals surface area contributed by atoms with Crippen molar-refractivity contribution >= 4 is 35.0 Å². The number of allylic oxidation sites excluding steroid dienone is 1. The van der Waals surface area contributed by atoms with E-state index >= 15 is 0 Å². The first-order valence-electron chi connectivity index (χ1n) is 11.8. The summed E-state index contributed by atoms with van der Waals surface area (Å²) >= 11 is 5.97. The quantitative estimate of drug-likeness (QED) is 0.594. The van der Waals surface area contributed by atoms with Crippen molar-refractivity contribution in [2.24, 2.45) is 0 Å². The van der Waals surface area contributed by atoms with Gasteiger partial charge in [0.25, 0.3) is 5.91 Å². The van der Waals surface area contributed by atoms with Crippen molar-refractivity contribution in [1.29, 1.82) is 0 Å². The van der Waals surface area contributed by atoms with Gasteiger partial charge in [-0.15, -0.1) is 0 Å². The topological polar surface area (TPSA) is 71.7 Å². The monoisotopic (exact) mass is 482 g/mol. The Hall–Kier alpha value is -2.74. The molecule has 2 aromatic rings. The van der Waals surface area contributed by atoms with E-state index in [1.807, 2.05) is 36.5 Å². The highest BCUT2D eigenvalue weighted by Crippen LogP contribution is 2.25. The molecule has 7 nitrogen and oxygen atoms in total. The third kappa shape index (κ3) is 6.03. The first-order chi connectivity index (χ1) is 16.4. The second-order valence-electron chi connectivity index (χ2n) is 9.05. The molecule has 2 aliphatic heterocycles. The number of piperazine rings is 1. The van der Waals surface area contributed by atoms with E-state index in [-0.39, 0.29) is 12.5 Å². The first kappa shape index (κ1) is 24.4. The molecule has 0 aliphatic carbocycles. The van der Waals surface area contributed by atoms with E-state index in [1.165, 1.54) is 0 Å². The van der Waals surface area contributed by atoms with Gasteiger partial charge in [0, 0.05) is 49.4 Å². The minimum absolute atomic E-state index is 0.106. The van der Waals surface area contributed by atoms with E-state index in [4.69, 9.17) is 16.6 Å². The van der Waals surface area contributed by atoms with Crippen LogP contribution in [-0.4, -0.2) is 84.1 Å². The number of aliphatic hydroxyl groups excluding tert-OH is 1. The molecular weight excluding hydrogens is 450 g/mol. The van der Waals surface area contributed by atoms with Gasteiger partial charge in [0.1, 0.15) is 18.8 Å². The predicted octanol–water partition coefficient (Wildman–Crippen LogP) is 2.67. The van der Waals surface area contributed by atoms with Crippen molar-refractivity contribution in [1.82, 2.24) is 15.2 Å². The number of carbonyl (C=O) groups is 1. The average Bonchev–Trinajstić information content (AvgIpc) is 2.83. The van der Waals surface area contributed by atoms with E-state index < -0.39 is 0 Å². The Morgan fingerprint density at radius 2 is 2.06 bits per heavy atom. The van der Waals surface area contributed by atoms with Gasteiger partial charge in [0.15, 0.2) is 12.8 Å². The summed E-state index contributed by atoms with van der Waals surface area (Å²) < 4.78 is 2.10. The van der Waals surface area contributed by atoms with Gasteiger partial charge >= 0.3 is 0 Å². The molecule has 1 aromatic heterocycles. The van der Waals surface area contributed by atoms with Crippen LogP contribution in [0.2, 0.25) is 5.02 Å². The van der Waals surface area contributed by atoms with Crippen molar-refractivity contribution in [2.45, 2.75) is 25.9 Å². The predicted molar refractivity (Wildman–Crippen MR) is 137 cm³/mol. The number of carbonyl (C=O) groups excluding carboxylic acids is 1. The third-order valence-electron chi connectivity index (χ3n) is 6.36. The molecule has 0 bridgehead atoms. The highest BCUT2D eigenvalue weighted by Gasteiger charge is 2.25. The smallest absolute Gasteiger partial charge is 0.270 e. The molecule has 1 fully saturated rings. The zero-order chi connectivity index (χ0) is 24.1. The van der Waals surface area contributed by atoms with E-state index in [9.17, 15) is 9.90 Å². The summed E-state index contributed by atoms with van der Waals surface area (Å²) in [5.74, 6) is -0.205. The summed E-state index contributed by atoms with van der Waals surface area (Å²) in [7, 11) is 2.14. The highest BCUT2D eigenvalue weighted by atomic mass is 35.5. The molecule has 2 aliphatic rings. The maximum absolute atomic E-state index is 13.2. The molecule has 2 N–H and O–H groups in total. The van der Waals surface area contributed by atoms with Crippen LogP contribution in [-0.2, 0) is 6.54 Å². The summed E-state index contributed by atoms with van der Waals surface area (Å²) in [5, 5.41) is 13.0. The minimum atomic E-state index is -0.205. The van der Waals surface area contributed by atoms with Gasteiger partial charge in [0.2, 0.25) is 0 Å². The van der Waals surface area contributed by atoms with Gasteiger partial charge in [-0.3, -0.25) is 4.79 Å². The summed E-state index contributed by atoms with van der Waals surface area (Å²) in [5.41, 5.74) is 4.15. The Labute approximate surface area is 206 Å². The number of rotatable bonds is 7. The lowest BCUT2D eigenvalue weighted by Crippen LogP contribution is -2.50. The van der Waals surface area contributed by atoms with Crippen LogP contribution in [0.3, 0.4) is 0 Å². The molecule has 1 saturated heterocycles. The molecular formula is C26H33ClN5O2+. The molecule has 1 aromatic carbocycles. The second-order valence-corrected chi connectivity index (χ2v) is 9.48. The number of pyridine rings is 1. The maximum Gasteiger partial charge on any atom is 0.270 e. The van der Waals surface area contributed by atoms with Crippen molar-refractivity contribution < 1.29 is 14.5 Å². The van der Waals surface area contributed by atoms with E-state index in [0.717, 1.165) is 55.1 Å². The summed E-state index contributed by atoms with van der Waals surface area (Å²) in [4.78, 5) is 22.6. The van der Waals surface area contributed by atoms with Gasteiger partial charge in [-0.05, 0) is 43.8 Å². The lowest BCUT2D eigenvalue weighted by Gasteiger charge is -2.40. The van der Waals surface area contributed by atoms with Crippen LogP contribution in [0, 0.1) is 0 Å². The number of nitrogens with one attached hydrogen (secondary N) is 1. The summed E-state index contributed by atoms with van der Waals surface area (Å²) in [6.07, 6.45) is 5.07. The maximum atomic E-state index is 13.2. The molecule has 1 amide bonds. The Morgan fingerprint density at radius 3 is 2.79 bits per heavy atom. The number of benzene rings is 1. The van der Waals surface area contributed by atoms with E-state index in [1.54, 1.807) is 0 Å². The Bertz CT molecular complexity index is 1080. The van der Waals surface area contributed by atoms with E-state index in [2.05, 4.69) is 45.8 Å². The van der Waals surface area contributed by atoms with Crippen LogP contribution in [0.4, 0.5) is 5.69 Å². The lowest BCUT2D eigenvalue weighted by atomic mass is 10.1. The number of anilines is 1. The normalized spacial score (nSPS) is 18.9. The van der Waals surface area contributed by atoms with Crippen molar-refractivity contribution in [3.8, 4) is 0 Å². The van der Waals surface area contributed by atoms with Crippen LogP contribution in [0.1, 0.15) is 35.1 Å². The van der Waals surface area contributed by atoms with Gasteiger partial charge in [-0.2, -0.15) is 0 Å². The molecule has 180 valence electrons. The van der Waals surface area contributed by atoms with Crippen LogP contribution in [0.15, 0.2) is 42.5 Å². The van der Waals surface area contributed by atoms with E-state index in [0.29, 0.717) is 29.8 Å². The Kier molecular flexibility index (Phi) is 7.98. The molecule has 0 spiro atoms. The zero-order valence-electron chi connectivity index (χ0n) is 19.9. The van der Waals surface area contributed by atoms with Crippen LogP contribution < -0.4 is 10.2 Å². The fraction of sp³-hybridized carbons (Fsp3) is 0.423. The van der Waals surface area contributed by atoms with Crippen molar-refractivity contribution in [2.75, 3.05) is 51.3 Å². The molecule has 0 radical (unpaired) electrons. The molecule has 0 saturated carbocycles. The van der Waals surface area contributed by atoms with Gasteiger partial charge in [-0.25, -0.2) is 9.56 Å². The highest BCUT2D eigenvalue weighted by molar-refractivity contribution is 6.30. The van der Waals surface area contributed by atoms with Gasteiger partial charge in [0.05, 0.1) is 11.3 Å². The molecule has 1 unspecified atom stereocenters. The van der Waals surface area contributed by atoms with Crippen molar-refractivity contribution in [3.05, 3.63) is 64.4 Å². The van der Waals surface area contributed by atoms with Gasteiger partial charge < -0.3 is 20.2 Å². The van der Waals surface area contributed by atoms with Crippen LogP contribution >= 0.6 is 11.6 Å². The number of aliphatic hydroxyl groups is 1. The standard InChI is InChI=1S/C26H32ClN5O2/c1-19-17-30(2)10-11-32(19)23-14-24(21-4-3-9-31(18-21)12-13-33)29-25(15-23)26(34)28-16-20-5-7-22(27)8-6-20/h4-8,14-15,18-19,33H,3,9-13,16-17H2,1-2H3/p+1. The fourth-order valence-electron chi connectivity index (χ4n) is 4.52. The molecule has 34 heavy (non-hydrogen) atoms. The Balaban J connectivity index is 1.63. The number of likely N-dealkylation sites (N-methyl/N-ethyl adjacent to an activating group) is 1. The SMILES string of the molecule is CC1CN(C)CCN1c1cc(C(=O)NCc2ccc(Cl)cc2)nc(C2=CCC[N+](CCO)=C2)c1. The molecule has 4 rings (SSSR count). The molecule has 3 heterocycles. The van der Waals surface area contributed by atoms with Crippen LogP contribution in [0.5, 0.6) is 0 Å². The third-order valence-corrected chi connectivity index (χ3v) is 6.61. The fourth-order valence-corrected chi connectivity index (χ4v) is 4.65. The largest absolute Gasteiger partial charge is 0.390 e. The zero-order valence-corrected chi connectivity index (χ0v) is 20.6. The van der Waals surface area contributed by atoms with Crippen molar-refractivity contribution in [3.63, 3.8) is 0 Å². The number of hydrogen-bond donors (Lipinski definition) is 2. The van der Waals surface area contributed by atoms with Gasteiger partial charge in [-0.1, -0.05) is 29.8 Å². The average molecular weight is 483 g/mol. The second kappa shape index (κ2) is 11.1. The number of amides is 1. The number of aromatic nitrogens is 1.